The number of nitrogens with zero attached hydrogens (tertiary/aromatic N) is 3. The first-order chi connectivity index (χ1) is 25.9. The molecule has 0 saturated carbocycles. The van der Waals surface area contributed by atoms with Crippen molar-refractivity contribution in [3.63, 3.8) is 0 Å². The van der Waals surface area contributed by atoms with Crippen LogP contribution in [0.25, 0.3) is 0 Å². The Kier molecular flexibility index (Phi) is 33.0. The van der Waals surface area contributed by atoms with Gasteiger partial charge in [0.1, 0.15) is 19.8 Å². The standard InChI is InChI=1S/C42H78N3O8P/c1-6-8-10-12-14-20-26-38(34-43)28-22-16-18-24-30-41(46)50-36-40(37-52-54(48,49)51-33-32-45(3,4)5)53-42(47)31-25-19-17-23-29-39(35-44)27-21-15-13-11-9-7-2/h38-40H,6-33,36-37H2,1-5H3/p+1/t38?,39?,40-/m1/s1. The van der Waals surface area contributed by atoms with Gasteiger partial charge in [-0.15, -0.1) is 0 Å². The van der Waals surface area contributed by atoms with E-state index in [1.165, 1.54) is 64.2 Å². The minimum absolute atomic E-state index is 0.00116. The Hall–Kier alpha value is -2.01. The molecular formula is C42H79N3O8P+. The molecule has 54 heavy (non-hydrogen) atoms. The van der Waals surface area contributed by atoms with E-state index in [4.69, 9.17) is 18.5 Å². The number of hydrogen-bond acceptors (Lipinski definition) is 9. The molecule has 0 saturated heterocycles. The fourth-order valence-corrected chi connectivity index (χ4v) is 6.92. The number of nitriles is 2. The van der Waals surface area contributed by atoms with Crippen molar-refractivity contribution in [3.8, 4) is 12.1 Å². The number of quaternary nitrogens is 1. The van der Waals surface area contributed by atoms with Crippen LogP contribution in [0, 0.1) is 34.5 Å². The van der Waals surface area contributed by atoms with E-state index in [0.29, 0.717) is 23.9 Å². The molecule has 1 N–H and O–H groups in total. The summed E-state index contributed by atoms with van der Waals surface area (Å²) >= 11 is 0. The summed E-state index contributed by atoms with van der Waals surface area (Å²) in [5, 5.41) is 19.0. The first kappa shape index (κ1) is 52.0. The zero-order chi connectivity index (χ0) is 40.3. The van der Waals surface area contributed by atoms with Crippen molar-refractivity contribution in [2.45, 2.75) is 187 Å². The SMILES string of the molecule is CCCCCCCCC(C#N)CCCCCCC(=O)OC[C@H](COP(=O)(O)OCC[N+](C)(C)C)OC(=O)CCCCCCC(C#N)CCCCCCCC. The van der Waals surface area contributed by atoms with Crippen molar-refractivity contribution in [3.05, 3.63) is 0 Å². The molecule has 0 aliphatic rings. The second-order valence-corrected chi connectivity index (χ2v) is 17.5. The summed E-state index contributed by atoms with van der Waals surface area (Å²) in [5.74, 6) is -0.747. The highest BCUT2D eigenvalue weighted by Crippen LogP contribution is 2.43. The fourth-order valence-electron chi connectivity index (χ4n) is 6.18. The summed E-state index contributed by atoms with van der Waals surface area (Å²) < 4.78 is 34.2. The number of carbonyl (C=O) groups is 2. The Bertz CT molecular complexity index is 1070. The summed E-state index contributed by atoms with van der Waals surface area (Å²) in [6.45, 7) is 4.16. The summed E-state index contributed by atoms with van der Waals surface area (Å²) in [7, 11) is 1.37. The van der Waals surface area contributed by atoms with Gasteiger partial charge in [0, 0.05) is 24.7 Å². The summed E-state index contributed by atoms with van der Waals surface area (Å²) in [6.07, 6.45) is 24.3. The van der Waals surface area contributed by atoms with Crippen LogP contribution in [0.15, 0.2) is 0 Å². The number of phosphoric ester groups is 1. The van der Waals surface area contributed by atoms with E-state index in [2.05, 4.69) is 26.0 Å². The van der Waals surface area contributed by atoms with E-state index in [1.54, 1.807) is 0 Å². The molecule has 3 unspecified atom stereocenters. The lowest BCUT2D eigenvalue weighted by Gasteiger charge is -2.24. The molecule has 0 aromatic rings. The third kappa shape index (κ3) is 34.5. The highest BCUT2D eigenvalue weighted by molar-refractivity contribution is 7.47. The van der Waals surface area contributed by atoms with Crippen LogP contribution in [0.3, 0.4) is 0 Å². The van der Waals surface area contributed by atoms with Crippen LogP contribution in [-0.2, 0) is 32.7 Å². The van der Waals surface area contributed by atoms with Crippen LogP contribution in [0.4, 0.5) is 0 Å². The Morgan fingerprint density at radius 2 is 1.02 bits per heavy atom. The van der Waals surface area contributed by atoms with Gasteiger partial charge in [0.15, 0.2) is 6.10 Å². The van der Waals surface area contributed by atoms with Crippen molar-refractivity contribution in [1.29, 1.82) is 10.5 Å². The van der Waals surface area contributed by atoms with Gasteiger partial charge < -0.3 is 18.9 Å². The average Bonchev–Trinajstić information content (AvgIpc) is 3.12. The first-order valence-corrected chi connectivity index (χ1v) is 22.9. The van der Waals surface area contributed by atoms with Crippen molar-refractivity contribution in [1.82, 2.24) is 0 Å². The Labute approximate surface area is 330 Å². The van der Waals surface area contributed by atoms with Gasteiger partial charge in [-0.1, -0.05) is 129 Å². The second-order valence-electron chi connectivity index (χ2n) is 16.1. The predicted octanol–water partition coefficient (Wildman–Crippen LogP) is 10.7. The number of likely N-dealkylation sites (N-methyl/N-ethyl adjacent to an activating group) is 1. The normalized spacial score (nSPS) is 14.4. The molecule has 314 valence electrons. The Morgan fingerprint density at radius 1 is 0.611 bits per heavy atom. The maximum Gasteiger partial charge on any atom is 0.472 e. The van der Waals surface area contributed by atoms with Crippen molar-refractivity contribution in [2.24, 2.45) is 11.8 Å². The summed E-state index contributed by atoms with van der Waals surface area (Å²) in [5.41, 5.74) is 0. The number of rotatable bonds is 38. The number of carbonyl (C=O) groups excluding carboxylic acids is 2. The molecule has 0 aliphatic heterocycles. The van der Waals surface area contributed by atoms with Crippen molar-refractivity contribution >= 4 is 19.8 Å². The van der Waals surface area contributed by atoms with E-state index in [-0.39, 0.29) is 37.9 Å². The van der Waals surface area contributed by atoms with Gasteiger partial charge in [-0.25, -0.2) is 4.57 Å². The van der Waals surface area contributed by atoms with Crippen LogP contribution in [0.2, 0.25) is 0 Å². The van der Waals surface area contributed by atoms with Crippen LogP contribution in [-0.4, -0.2) is 74.9 Å². The van der Waals surface area contributed by atoms with Crippen LogP contribution in [0.5, 0.6) is 0 Å². The molecular weight excluding hydrogens is 705 g/mol. The molecule has 0 spiro atoms. The van der Waals surface area contributed by atoms with Crippen LogP contribution in [0.1, 0.15) is 181 Å². The molecule has 0 aromatic carbocycles. The van der Waals surface area contributed by atoms with E-state index < -0.39 is 32.5 Å². The topological polar surface area (TPSA) is 156 Å². The lowest BCUT2D eigenvalue weighted by atomic mass is 9.95. The van der Waals surface area contributed by atoms with Crippen LogP contribution < -0.4 is 0 Å². The molecule has 12 heteroatoms. The second kappa shape index (κ2) is 34.3. The number of ether oxygens (including phenoxy) is 2. The van der Waals surface area contributed by atoms with Gasteiger partial charge >= 0.3 is 19.8 Å². The van der Waals surface area contributed by atoms with Gasteiger partial charge in [0.25, 0.3) is 0 Å². The third-order valence-corrected chi connectivity index (χ3v) is 10.7. The molecule has 11 nitrogen and oxygen atoms in total. The van der Waals surface area contributed by atoms with Crippen LogP contribution >= 0.6 is 7.82 Å². The van der Waals surface area contributed by atoms with Gasteiger partial charge in [0.05, 0.1) is 39.9 Å². The maximum atomic E-state index is 12.7. The lowest BCUT2D eigenvalue weighted by molar-refractivity contribution is -0.870. The first-order valence-electron chi connectivity index (χ1n) is 21.4. The average molecular weight is 785 g/mol. The van der Waals surface area contributed by atoms with Gasteiger partial charge in [-0.05, 0) is 38.5 Å². The molecule has 4 atom stereocenters. The maximum absolute atomic E-state index is 12.7. The zero-order valence-electron chi connectivity index (χ0n) is 35.0. The Balaban J connectivity index is 4.62. The number of hydrogen-bond donors (Lipinski definition) is 1. The highest BCUT2D eigenvalue weighted by Gasteiger charge is 2.27. The smallest absolute Gasteiger partial charge is 0.462 e. The highest BCUT2D eigenvalue weighted by atomic mass is 31.2. The molecule has 0 aromatic heterocycles. The van der Waals surface area contributed by atoms with Crippen molar-refractivity contribution < 1.29 is 42.1 Å². The minimum atomic E-state index is -4.42. The van der Waals surface area contributed by atoms with Crippen molar-refractivity contribution in [2.75, 3.05) is 47.5 Å². The molecule has 0 radical (unpaired) electrons. The number of unbranched alkanes of at least 4 members (excludes halogenated alkanes) is 16. The molecule has 0 aliphatic carbocycles. The molecule has 0 amide bonds. The van der Waals surface area contributed by atoms with Gasteiger partial charge in [-0.3, -0.25) is 18.6 Å². The largest absolute Gasteiger partial charge is 0.472 e. The monoisotopic (exact) mass is 785 g/mol. The lowest BCUT2D eigenvalue weighted by Crippen LogP contribution is -2.37. The quantitative estimate of drug-likeness (QED) is 0.0277. The summed E-state index contributed by atoms with van der Waals surface area (Å²) in [6, 6.07) is 4.90. The minimum Gasteiger partial charge on any atom is -0.462 e. The van der Waals surface area contributed by atoms with E-state index in [1.807, 2.05) is 21.1 Å². The zero-order valence-corrected chi connectivity index (χ0v) is 35.9. The molecule has 0 bridgehead atoms. The Morgan fingerprint density at radius 3 is 1.44 bits per heavy atom. The third-order valence-electron chi connectivity index (χ3n) is 9.71. The summed E-state index contributed by atoms with van der Waals surface area (Å²) in [4.78, 5) is 35.4. The number of phosphoric acid groups is 1. The molecule has 0 fully saturated rings. The van der Waals surface area contributed by atoms with Gasteiger partial charge in [-0.2, -0.15) is 10.5 Å². The van der Waals surface area contributed by atoms with E-state index in [9.17, 15) is 29.6 Å². The fraction of sp³-hybridized carbons (Fsp3) is 0.905. The number of esters is 2. The van der Waals surface area contributed by atoms with E-state index >= 15 is 0 Å². The molecule has 0 heterocycles. The predicted molar refractivity (Wildman–Crippen MR) is 215 cm³/mol. The molecule has 0 rings (SSSR count). The van der Waals surface area contributed by atoms with Gasteiger partial charge in [0.2, 0.25) is 0 Å². The van der Waals surface area contributed by atoms with E-state index in [0.717, 1.165) is 77.0 Å².